The van der Waals surface area contributed by atoms with E-state index >= 15 is 0 Å². The van der Waals surface area contributed by atoms with E-state index in [9.17, 15) is 4.57 Å². The van der Waals surface area contributed by atoms with Crippen LogP contribution in [-0.2, 0) is 4.57 Å². The van der Waals surface area contributed by atoms with Crippen LogP contribution in [0.5, 0.6) is 0 Å². The van der Waals surface area contributed by atoms with Crippen LogP contribution in [0.4, 0.5) is 0 Å². The predicted molar refractivity (Wildman–Crippen MR) is 60.5 cm³/mol. The molecule has 0 aromatic rings. The fraction of sp³-hybridized carbons (Fsp3) is 1.00. The molecule has 0 bridgehead atoms. The molecule has 3 nitrogen and oxygen atoms in total. The summed E-state index contributed by atoms with van der Waals surface area (Å²) in [4.78, 5) is 0. The lowest BCUT2D eigenvalue weighted by atomic mass is 10.4. The average molecular weight is 222 g/mol. The zero-order valence-corrected chi connectivity index (χ0v) is 10.0. The molecule has 0 radical (unpaired) electrons. The summed E-state index contributed by atoms with van der Waals surface area (Å²) in [6.45, 7) is 2.33. The van der Waals surface area contributed by atoms with Gasteiger partial charge in [-0.3, -0.25) is 0 Å². The molecule has 0 heterocycles. The van der Waals surface area contributed by atoms with Gasteiger partial charge in [0.2, 0.25) is 0 Å². The van der Waals surface area contributed by atoms with Crippen molar-refractivity contribution >= 4 is 7.14 Å². The highest BCUT2D eigenvalue weighted by atomic mass is 31.2. The number of rotatable bonds is 9. The van der Waals surface area contributed by atoms with Gasteiger partial charge in [0.1, 0.15) is 0 Å². The summed E-state index contributed by atoms with van der Waals surface area (Å²) in [7, 11) is -2.09. The maximum Gasteiger partial charge on any atom is 0.0879 e. The Morgan fingerprint density at radius 1 is 0.929 bits per heavy atom. The minimum Gasteiger partial charge on any atom is -0.396 e. The van der Waals surface area contributed by atoms with Gasteiger partial charge in [0.05, 0.1) is 7.14 Å². The predicted octanol–water partition coefficient (Wildman–Crippen LogP) is 1.91. The normalized spacial score (nSPS) is 11.9. The van der Waals surface area contributed by atoms with Crippen LogP contribution in [0, 0.1) is 0 Å². The fourth-order valence-corrected chi connectivity index (χ4v) is 4.50. The highest BCUT2D eigenvalue weighted by Gasteiger charge is 2.19. The van der Waals surface area contributed by atoms with E-state index in [1.807, 2.05) is 0 Å². The van der Waals surface area contributed by atoms with Crippen LogP contribution in [-0.4, -0.2) is 41.9 Å². The van der Waals surface area contributed by atoms with Crippen LogP contribution < -0.4 is 0 Å². The van der Waals surface area contributed by atoms with Gasteiger partial charge in [-0.05, 0) is 19.3 Å². The van der Waals surface area contributed by atoms with Crippen molar-refractivity contribution < 1.29 is 14.8 Å². The van der Waals surface area contributed by atoms with E-state index in [-0.39, 0.29) is 13.2 Å². The molecular formula is C10H23O3P. The van der Waals surface area contributed by atoms with Crippen molar-refractivity contribution in [3.8, 4) is 0 Å². The number of hydrogen-bond acceptors (Lipinski definition) is 3. The summed E-state index contributed by atoms with van der Waals surface area (Å²) < 4.78 is 12.3. The van der Waals surface area contributed by atoms with Crippen molar-refractivity contribution in [1.82, 2.24) is 0 Å². The Morgan fingerprint density at radius 2 is 1.36 bits per heavy atom. The van der Waals surface area contributed by atoms with Crippen molar-refractivity contribution in [3.63, 3.8) is 0 Å². The second kappa shape index (κ2) is 8.46. The molecule has 0 aliphatic carbocycles. The maximum atomic E-state index is 12.3. The second-order valence-electron chi connectivity index (χ2n) is 3.74. The lowest BCUT2D eigenvalue weighted by Crippen LogP contribution is -2.03. The Labute approximate surface area is 86.9 Å². The molecule has 4 heteroatoms. The zero-order chi connectivity index (χ0) is 10.9. The smallest absolute Gasteiger partial charge is 0.0879 e. The molecule has 0 spiro atoms. The molecule has 0 aromatic carbocycles. The van der Waals surface area contributed by atoms with Crippen LogP contribution in [0.15, 0.2) is 0 Å². The summed E-state index contributed by atoms with van der Waals surface area (Å²) in [6, 6.07) is 0. The van der Waals surface area contributed by atoms with Crippen LogP contribution in [0.2, 0.25) is 0 Å². The molecule has 0 fully saturated rings. The topological polar surface area (TPSA) is 57.5 Å². The first-order valence-corrected chi connectivity index (χ1v) is 7.73. The van der Waals surface area contributed by atoms with Crippen molar-refractivity contribution in [2.75, 3.05) is 31.7 Å². The van der Waals surface area contributed by atoms with Crippen molar-refractivity contribution in [3.05, 3.63) is 0 Å². The largest absolute Gasteiger partial charge is 0.396 e. The summed E-state index contributed by atoms with van der Waals surface area (Å²) >= 11 is 0. The Morgan fingerprint density at radius 3 is 1.71 bits per heavy atom. The molecule has 0 aliphatic rings. The first-order chi connectivity index (χ1) is 6.68. The quantitative estimate of drug-likeness (QED) is 0.586. The number of hydrogen-bond donors (Lipinski definition) is 2. The summed E-state index contributed by atoms with van der Waals surface area (Å²) in [5.41, 5.74) is 0. The van der Waals surface area contributed by atoms with Crippen molar-refractivity contribution in [2.45, 2.75) is 32.6 Å². The molecule has 0 amide bonds. The third-order valence-corrected chi connectivity index (χ3v) is 5.76. The Hall–Kier alpha value is 0.150. The second-order valence-corrected chi connectivity index (χ2v) is 7.19. The van der Waals surface area contributed by atoms with Crippen molar-refractivity contribution in [1.29, 1.82) is 0 Å². The molecule has 0 aromatic heterocycles. The molecule has 0 saturated heterocycles. The SMILES string of the molecule is CCCCP(=O)(CCCO)CCCO. The van der Waals surface area contributed by atoms with E-state index in [2.05, 4.69) is 6.92 Å². The third-order valence-electron chi connectivity index (χ3n) is 2.37. The minimum atomic E-state index is -2.09. The van der Waals surface area contributed by atoms with Crippen LogP contribution in [0.3, 0.4) is 0 Å². The van der Waals surface area contributed by atoms with E-state index in [1.54, 1.807) is 0 Å². The van der Waals surface area contributed by atoms with E-state index in [1.165, 1.54) is 0 Å². The highest BCUT2D eigenvalue weighted by molar-refractivity contribution is 7.63. The van der Waals surface area contributed by atoms with Crippen molar-refractivity contribution in [2.24, 2.45) is 0 Å². The van der Waals surface area contributed by atoms with Gasteiger partial charge in [0.15, 0.2) is 0 Å². The zero-order valence-electron chi connectivity index (χ0n) is 9.11. The van der Waals surface area contributed by atoms with Crippen LogP contribution in [0.1, 0.15) is 32.6 Å². The fourth-order valence-electron chi connectivity index (χ4n) is 1.50. The lowest BCUT2D eigenvalue weighted by molar-refractivity contribution is 0.293. The average Bonchev–Trinajstić information content (AvgIpc) is 2.21. The monoisotopic (exact) mass is 222 g/mol. The van der Waals surface area contributed by atoms with Crippen LogP contribution in [0.25, 0.3) is 0 Å². The van der Waals surface area contributed by atoms with Gasteiger partial charge in [-0.25, -0.2) is 0 Å². The molecular weight excluding hydrogens is 199 g/mol. The minimum absolute atomic E-state index is 0.120. The number of aliphatic hydroxyl groups is 2. The molecule has 0 rings (SSSR count). The van der Waals surface area contributed by atoms with E-state index in [0.29, 0.717) is 25.2 Å². The third kappa shape index (κ3) is 6.58. The van der Waals surface area contributed by atoms with E-state index in [4.69, 9.17) is 10.2 Å². The van der Waals surface area contributed by atoms with Crippen LogP contribution >= 0.6 is 7.14 Å². The van der Waals surface area contributed by atoms with Gasteiger partial charge in [-0.1, -0.05) is 13.3 Å². The first kappa shape index (κ1) is 14.2. The Balaban J connectivity index is 3.97. The van der Waals surface area contributed by atoms with Gasteiger partial charge in [-0.2, -0.15) is 0 Å². The number of aliphatic hydroxyl groups excluding tert-OH is 2. The van der Waals surface area contributed by atoms with Gasteiger partial charge in [0.25, 0.3) is 0 Å². The molecule has 0 atom stereocenters. The van der Waals surface area contributed by atoms with Gasteiger partial charge < -0.3 is 14.8 Å². The molecule has 0 saturated carbocycles. The molecule has 86 valence electrons. The summed E-state index contributed by atoms with van der Waals surface area (Å²) in [5.74, 6) is 0. The van der Waals surface area contributed by atoms with Gasteiger partial charge in [0, 0.05) is 31.7 Å². The van der Waals surface area contributed by atoms with Gasteiger partial charge in [-0.15, -0.1) is 0 Å². The first-order valence-electron chi connectivity index (χ1n) is 5.47. The standard InChI is InChI=1S/C10H23O3P/c1-2-3-8-14(13,9-4-6-11)10-5-7-12/h11-12H,2-10H2,1H3. The van der Waals surface area contributed by atoms with Gasteiger partial charge >= 0.3 is 0 Å². The summed E-state index contributed by atoms with van der Waals surface area (Å²) in [5, 5.41) is 17.4. The molecule has 14 heavy (non-hydrogen) atoms. The highest BCUT2D eigenvalue weighted by Crippen LogP contribution is 2.47. The molecule has 2 N–H and O–H groups in total. The Bertz CT molecular complexity index is 142. The lowest BCUT2D eigenvalue weighted by Gasteiger charge is -2.16. The van der Waals surface area contributed by atoms with E-state index in [0.717, 1.165) is 19.0 Å². The Kier molecular flexibility index (Phi) is 8.55. The molecule has 0 unspecified atom stereocenters. The number of unbranched alkanes of at least 4 members (excludes halogenated alkanes) is 1. The summed E-state index contributed by atoms with van der Waals surface area (Å²) in [6.07, 6.45) is 5.38. The maximum absolute atomic E-state index is 12.3. The van der Waals surface area contributed by atoms with E-state index < -0.39 is 7.14 Å². The molecule has 0 aliphatic heterocycles.